The van der Waals surface area contributed by atoms with Crippen molar-refractivity contribution in [2.24, 2.45) is 5.92 Å². The van der Waals surface area contributed by atoms with Crippen LogP contribution in [0.2, 0.25) is 0 Å². The van der Waals surface area contributed by atoms with Gasteiger partial charge in [-0.25, -0.2) is 13.2 Å². The third-order valence-electron chi connectivity index (χ3n) is 3.80. The number of hydrogen-bond donors (Lipinski definition) is 2. The number of nitrogens with zero attached hydrogens (tertiary/aromatic N) is 1. The first-order chi connectivity index (χ1) is 12.8. The van der Waals surface area contributed by atoms with Crippen LogP contribution in [-0.2, 0) is 11.3 Å². The minimum Gasteiger partial charge on any atom is -0.350 e. The lowest BCUT2D eigenvalue weighted by atomic mass is 10.0. The first kappa shape index (κ1) is 20.4. The van der Waals surface area contributed by atoms with Gasteiger partial charge in [0, 0.05) is 18.9 Å². The minimum atomic E-state index is -1.73. The van der Waals surface area contributed by atoms with Crippen LogP contribution in [0, 0.1) is 23.4 Å². The largest absolute Gasteiger partial charge is 0.350 e. The van der Waals surface area contributed by atoms with Gasteiger partial charge in [0.1, 0.15) is 6.04 Å². The first-order valence-corrected chi connectivity index (χ1v) is 8.40. The lowest BCUT2D eigenvalue weighted by molar-refractivity contribution is -0.123. The maximum absolute atomic E-state index is 13.8. The van der Waals surface area contributed by atoms with Crippen molar-refractivity contribution in [2.45, 2.75) is 32.9 Å². The fourth-order valence-corrected chi connectivity index (χ4v) is 2.46. The summed E-state index contributed by atoms with van der Waals surface area (Å²) in [7, 11) is 0. The van der Waals surface area contributed by atoms with Crippen LogP contribution in [0.5, 0.6) is 0 Å². The van der Waals surface area contributed by atoms with Crippen molar-refractivity contribution in [3.05, 3.63) is 65.2 Å². The molecule has 2 aromatic rings. The Balaban J connectivity index is 2.10. The van der Waals surface area contributed by atoms with E-state index in [2.05, 4.69) is 15.6 Å². The molecule has 0 aliphatic heterocycles. The fraction of sp³-hybridized carbons (Fsp3) is 0.316. The number of pyridine rings is 1. The SMILES string of the molecule is CC(C)C[C@H](NC(=O)c1ccc(F)c(F)c1F)C(=O)NCc1cccnc1. The number of carbonyl (C=O) groups is 2. The van der Waals surface area contributed by atoms with Gasteiger partial charge in [0.05, 0.1) is 5.56 Å². The van der Waals surface area contributed by atoms with Crippen molar-refractivity contribution in [1.82, 2.24) is 15.6 Å². The average Bonchev–Trinajstić information content (AvgIpc) is 2.64. The molecule has 0 spiro atoms. The molecule has 2 rings (SSSR count). The molecule has 144 valence electrons. The number of nitrogens with one attached hydrogen (secondary N) is 2. The number of benzene rings is 1. The zero-order valence-electron chi connectivity index (χ0n) is 14.9. The molecule has 0 saturated carbocycles. The zero-order chi connectivity index (χ0) is 20.0. The number of halogens is 3. The second-order valence-corrected chi connectivity index (χ2v) is 6.46. The summed E-state index contributed by atoms with van der Waals surface area (Å²) >= 11 is 0. The van der Waals surface area contributed by atoms with Gasteiger partial charge in [0.15, 0.2) is 17.5 Å². The second-order valence-electron chi connectivity index (χ2n) is 6.46. The Morgan fingerprint density at radius 2 is 1.85 bits per heavy atom. The van der Waals surface area contributed by atoms with Crippen LogP contribution in [0.1, 0.15) is 36.2 Å². The molecule has 1 atom stereocenters. The third kappa shape index (κ3) is 5.54. The van der Waals surface area contributed by atoms with Gasteiger partial charge in [0.2, 0.25) is 5.91 Å². The summed E-state index contributed by atoms with van der Waals surface area (Å²) in [4.78, 5) is 28.7. The van der Waals surface area contributed by atoms with Crippen LogP contribution in [0.25, 0.3) is 0 Å². The first-order valence-electron chi connectivity index (χ1n) is 8.40. The van der Waals surface area contributed by atoms with Gasteiger partial charge in [0.25, 0.3) is 5.91 Å². The van der Waals surface area contributed by atoms with E-state index in [1.165, 1.54) is 0 Å². The average molecular weight is 379 g/mol. The molecule has 2 amide bonds. The monoisotopic (exact) mass is 379 g/mol. The highest BCUT2D eigenvalue weighted by molar-refractivity contribution is 5.97. The van der Waals surface area contributed by atoms with Crippen LogP contribution in [0.15, 0.2) is 36.7 Å². The molecule has 5 nitrogen and oxygen atoms in total. The number of aromatic nitrogens is 1. The van der Waals surface area contributed by atoms with Gasteiger partial charge in [-0.15, -0.1) is 0 Å². The molecule has 2 N–H and O–H groups in total. The Labute approximate surface area is 155 Å². The molecule has 0 radical (unpaired) electrons. The van der Waals surface area contributed by atoms with Gasteiger partial charge in [-0.05, 0) is 36.1 Å². The minimum absolute atomic E-state index is 0.0502. The molecular formula is C19H20F3N3O2. The number of carbonyl (C=O) groups excluding carboxylic acids is 2. The van der Waals surface area contributed by atoms with E-state index in [-0.39, 0.29) is 18.9 Å². The summed E-state index contributed by atoms with van der Waals surface area (Å²) in [5.74, 6) is -6.13. The van der Waals surface area contributed by atoms with Gasteiger partial charge in [-0.3, -0.25) is 14.6 Å². The van der Waals surface area contributed by atoms with Crippen LogP contribution >= 0.6 is 0 Å². The fourth-order valence-electron chi connectivity index (χ4n) is 2.46. The summed E-state index contributed by atoms with van der Waals surface area (Å²) < 4.78 is 40.2. The maximum atomic E-state index is 13.8. The van der Waals surface area contributed by atoms with Crippen molar-refractivity contribution < 1.29 is 22.8 Å². The lowest BCUT2D eigenvalue weighted by Crippen LogP contribution is -2.47. The molecule has 0 saturated heterocycles. The molecule has 1 aromatic heterocycles. The Bertz CT molecular complexity index is 813. The van der Waals surface area contributed by atoms with Gasteiger partial charge in [-0.2, -0.15) is 0 Å². The van der Waals surface area contributed by atoms with Crippen molar-refractivity contribution in [1.29, 1.82) is 0 Å². The van der Waals surface area contributed by atoms with Gasteiger partial charge < -0.3 is 10.6 Å². The predicted octanol–water partition coefficient (Wildman–Crippen LogP) is 2.96. The number of amides is 2. The highest BCUT2D eigenvalue weighted by Gasteiger charge is 2.25. The standard InChI is InChI=1S/C19H20F3N3O2/c1-11(2)8-15(19(27)24-10-12-4-3-7-23-9-12)25-18(26)13-5-6-14(20)17(22)16(13)21/h3-7,9,11,15H,8,10H2,1-2H3,(H,24,27)(H,25,26)/t15-/m0/s1. The van der Waals surface area contributed by atoms with Crippen LogP contribution in [0.4, 0.5) is 13.2 Å². The molecule has 0 unspecified atom stereocenters. The van der Waals surface area contributed by atoms with E-state index in [0.29, 0.717) is 6.07 Å². The summed E-state index contributed by atoms with van der Waals surface area (Å²) in [6.45, 7) is 3.91. The van der Waals surface area contributed by atoms with E-state index in [9.17, 15) is 22.8 Å². The van der Waals surface area contributed by atoms with E-state index in [1.807, 2.05) is 13.8 Å². The Kier molecular flexibility index (Phi) is 6.92. The molecule has 1 heterocycles. The van der Waals surface area contributed by atoms with Crippen molar-refractivity contribution in [3.8, 4) is 0 Å². The van der Waals surface area contributed by atoms with Crippen LogP contribution in [-0.4, -0.2) is 22.8 Å². The molecular weight excluding hydrogens is 359 g/mol. The number of hydrogen-bond acceptors (Lipinski definition) is 3. The van der Waals surface area contributed by atoms with Gasteiger partial charge >= 0.3 is 0 Å². The molecule has 8 heteroatoms. The lowest BCUT2D eigenvalue weighted by Gasteiger charge is -2.20. The highest BCUT2D eigenvalue weighted by atomic mass is 19.2. The van der Waals surface area contributed by atoms with E-state index < -0.39 is 40.9 Å². The Morgan fingerprint density at radius 3 is 2.48 bits per heavy atom. The van der Waals surface area contributed by atoms with E-state index in [1.54, 1.807) is 24.5 Å². The maximum Gasteiger partial charge on any atom is 0.255 e. The quantitative estimate of drug-likeness (QED) is 0.727. The van der Waals surface area contributed by atoms with E-state index in [4.69, 9.17) is 0 Å². The molecule has 0 fully saturated rings. The van der Waals surface area contributed by atoms with E-state index >= 15 is 0 Å². The number of rotatable bonds is 7. The highest BCUT2D eigenvalue weighted by Crippen LogP contribution is 2.16. The summed E-state index contributed by atoms with van der Waals surface area (Å²) in [6, 6.07) is 4.04. The summed E-state index contributed by atoms with van der Waals surface area (Å²) in [5, 5.41) is 5.07. The van der Waals surface area contributed by atoms with Crippen molar-refractivity contribution >= 4 is 11.8 Å². The van der Waals surface area contributed by atoms with Crippen molar-refractivity contribution in [2.75, 3.05) is 0 Å². The Morgan fingerprint density at radius 1 is 1.11 bits per heavy atom. The molecule has 0 aliphatic rings. The Hall–Kier alpha value is -2.90. The molecule has 0 aliphatic carbocycles. The summed E-state index contributed by atoms with van der Waals surface area (Å²) in [5.41, 5.74) is 0.106. The van der Waals surface area contributed by atoms with Crippen molar-refractivity contribution in [3.63, 3.8) is 0 Å². The molecule has 1 aromatic carbocycles. The van der Waals surface area contributed by atoms with Gasteiger partial charge in [-0.1, -0.05) is 19.9 Å². The molecule has 27 heavy (non-hydrogen) atoms. The van der Waals surface area contributed by atoms with Crippen LogP contribution < -0.4 is 10.6 Å². The zero-order valence-corrected chi connectivity index (χ0v) is 14.9. The summed E-state index contributed by atoms with van der Waals surface area (Å²) in [6.07, 6.45) is 3.48. The smallest absolute Gasteiger partial charge is 0.255 e. The topological polar surface area (TPSA) is 71.1 Å². The predicted molar refractivity (Wildman–Crippen MR) is 93.1 cm³/mol. The second kappa shape index (κ2) is 9.16. The normalized spacial score (nSPS) is 11.9. The van der Waals surface area contributed by atoms with E-state index in [0.717, 1.165) is 11.6 Å². The van der Waals surface area contributed by atoms with Crippen LogP contribution in [0.3, 0.4) is 0 Å². The molecule has 0 bridgehead atoms. The third-order valence-corrected chi connectivity index (χ3v) is 3.80.